The topological polar surface area (TPSA) is 134 Å². The molecule has 102 valence electrons. The van der Waals surface area contributed by atoms with Gasteiger partial charge in [0.05, 0.1) is 37.1 Å². The minimum Gasteiger partial charge on any atom is -0.481 e. The standard InChI is InChI=1S/C11H14N4O4/c12-4-9(16)14-6-10(17)15-8-2-1-7(13-5-8)3-11(18)19/h1-2,5H,3-4,6,12H2,(H,14,16)(H,15,17)(H,18,19). The van der Waals surface area contributed by atoms with Gasteiger partial charge in [0.25, 0.3) is 0 Å². The molecule has 1 aromatic heterocycles. The summed E-state index contributed by atoms with van der Waals surface area (Å²) in [4.78, 5) is 36.6. The van der Waals surface area contributed by atoms with Crippen LogP contribution in [0, 0.1) is 0 Å². The molecule has 1 aromatic rings. The lowest BCUT2D eigenvalue weighted by Crippen LogP contribution is -2.36. The molecule has 0 bridgehead atoms. The molecular formula is C11H14N4O4. The molecule has 1 rings (SSSR count). The van der Waals surface area contributed by atoms with E-state index < -0.39 is 17.8 Å². The van der Waals surface area contributed by atoms with E-state index in [0.29, 0.717) is 11.4 Å². The highest BCUT2D eigenvalue weighted by atomic mass is 16.4. The van der Waals surface area contributed by atoms with E-state index in [4.69, 9.17) is 10.8 Å². The molecule has 1 heterocycles. The molecule has 2 amide bonds. The van der Waals surface area contributed by atoms with E-state index in [-0.39, 0.29) is 19.5 Å². The number of carboxylic acid groups (broad SMARTS) is 1. The van der Waals surface area contributed by atoms with Crippen LogP contribution >= 0.6 is 0 Å². The third kappa shape index (κ3) is 5.59. The van der Waals surface area contributed by atoms with Crippen LogP contribution in [0.1, 0.15) is 5.69 Å². The van der Waals surface area contributed by atoms with Crippen LogP contribution in [0.2, 0.25) is 0 Å². The maximum Gasteiger partial charge on any atom is 0.309 e. The lowest BCUT2D eigenvalue weighted by atomic mass is 10.2. The van der Waals surface area contributed by atoms with Crippen LogP contribution in [0.5, 0.6) is 0 Å². The van der Waals surface area contributed by atoms with Crippen LogP contribution in [0.25, 0.3) is 0 Å². The Morgan fingerprint density at radius 2 is 2.00 bits per heavy atom. The number of carboxylic acids is 1. The number of hydrogen-bond acceptors (Lipinski definition) is 5. The number of anilines is 1. The molecule has 0 saturated carbocycles. The van der Waals surface area contributed by atoms with E-state index in [2.05, 4.69) is 15.6 Å². The van der Waals surface area contributed by atoms with Crippen molar-refractivity contribution in [3.8, 4) is 0 Å². The van der Waals surface area contributed by atoms with Crippen molar-refractivity contribution in [1.29, 1.82) is 0 Å². The minimum atomic E-state index is -0.978. The Kier molecular flexibility index (Phi) is 5.42. The first-order valence-electron chi connectivity index (χ1n) is 5.44. The molecule has 0 saturated heterocycles. The SMILES string of the molecule is NCC(=O)NCC(=O)Nc1ccc(CC(=O)O)nc1. The van der Waals surface area contributed by atoms with Gasteiger partial charge in [-0.25, -0.2) is 0 Å². The molecule has 8 heteroatoms. The first kappa shape index (κ1) is 14.6. The summed E-state index contributed by atoms with van der Waals surface area (Å²) in [5.41, 5.74) is 5.87. The smallest absolute Gasteiger partial charge is 0.309 e. The van der Waals surface area contributed by atoms with Gasteiger partial charge in [0.1, 0.15) is 0 Å². The maximum absolute atomic E-state index is 11.4. The summed E-state index contributed by atoms with van der Waals surface area (Å²) in [5, 5.41) is 13.4. The highest BCUT2D eigenvalue weighted by molar-refractivity contribution is 5.94. The van der Waals surface area contributed by atoms with Crippen molar-refractivity contribution in [1.82, 2.24) is 10.3 Å². The summed E-state index contributed by atoms with van der Waals surface area (Å²) in [6, 6.07) is 3.04. The molecule has 0 aliphatic heterocycles. The number of nitrogens with two attached hydrogens (primary N) is 1. The third-order valence-electron chi connectivity index (χ3n) is 2.07. The summed E-state index contributed by atoms with van der Waals surface area (Å²) in [7, 11) is 0. The van der Waals surface area contributed by atoms with Gasteiger partial charge < -0.3 is 21.5 Å². The number of nitrogens with zero attached hydrogens (tertiary/aromatic N) is 1. The predicted octanol–water partition coefficient (Wildman–Crippen LogP) is -1.28. The zero-order valence-corrected chi connectivity index (χ0v) is 10.0. The number of nitrogens with one attached hydrogen (secondary N) is 2. The number of carbonyl (C=O) groups excluding carboxylic acids is 2. The molecule has 0 fully saturated rings. The number of pyridine rings is 1. The molecule has 0 spiro atoms. The second kappa shape index (κ2) is 7.07. The number of aromatic nitrogens is 1. The fourth-order valence-corrected chi connectivity index (χ4v) is 1.21. The fourth-order valence-electron chi connectivity index (χ4n) is 1.21. The number of aliphatic carboxylic acids is 1. The zero-order chi connectivity index (χ0) is 14.3. The lowest BCUT2D eigenvalue weighted by Gasteiger charge is -2.06. The van der Waals surface area contributed by atoms with Crippen molar-refractivity contribution in [2.45, 2.75) is 6.42 Å². The third-order valence-corrected chi connectivity index (χ3v) is 2.07. The number of carbonyl (C=O) groups is 3. The Hall–Kier alpha value is -2.48. The Morgan fingerprint density at radius 3 is 2.53 bits per heavy atom. The van der Waals surface area contributed by atoms with Crippen LogP contribution in [-0.2, 0) is 20.8 Å². The monoisotopic (exact) mass is 266 g/mol. The van der Waals surface area contributed by atoms with Gasteiger partial charge in [0.15, 0.2) is 0 Å². The Bertz CT molecular complexity index is 472. The van der Waals surface area contributed by atoms with Crippen molar-refractivity contribution in [2.75, 3.05) is 18.4 Å². The van der Waals surface area contributed by atoms with Crippen LogP contribution in [0.15, 0.2) is 18.3 Å². The van der Waals surface area contributed by atoms with Crippen LogP contribution in [-0.4, -0.2) is 41.0 Å². The first-order chi connectivity index (χ1) is 9.01. The summed E-state index contributed by atoms with van der Waals surface area (Å²) in [6.07, 6.45) is 1.17. The van der Waals surface area contributed by atoms with Gasteiger partial charge in [0.2, 0.25) is 11.8 Å². The van der Waals surface area contributed by atoms with Crippen LogP contribution in [0.3, 0.4) is 0 Å². The van der Waals surface area contributed by atoms with Gasteiger partial charge in [0, 0.05) is 0 Å². The van der Waals surface area contributed by atoms with Crippen LogP contribution in [0.4, 0.5) is 5.69 Å². The molecule has 0 radical (unpaired) electrons. The van der Waals surface area contributed by atoms with Gasteiger partial charge in [-0.15, -0.1) is 0 Å². The van der Waals surface area contributed by atoms with Crippen molar-refractivity contribution in [3.63, 3.8) is 0 Å². The van der Waals surface area contributed by atoms with E-state index in [1.807, 2.05) is 0 Å². The second-order valence-corrected chi connectivity index (χ2v) is 3.64. The maximum atomic E-state index is 11.4. The summed E-state index contributed by atoms with van der Waals surface area (Å²) in [5.74, 6) is -1.83. The average Bonchev–Trinajstić information content (AvgIpc) is 2.37. The summed E-state index contributed by atoms with van der Waals surface area (Å²) >= 11 is 0. The molecule has 0 aliphatic carbocycles. The van der Waals surface area contributed by atoms with E-state index in [1.54, 1.807) is 0 Å². The normalized spacial score (nSPS) is 9.74. The van der Waals surface area contributed by atoms with Crippen molar-refractivity contribution >= 4 is 23.5 Å². The van der Waals surface area contributed by atoms with E-state index in [0.717, 1.165) is 0 Å². The molecule has 0 aromatic carbocycles. The highest BCUT2D eigenvalue weighted by Gasteiger charge is 2.06. The Balaban J connectivity index is 2.46. The largest absolute Gasteiger partial charge is 0.481 e. The van der Waals surface area contributed by atoms with Crippen LogP contribution < -0.4 is 16.4 Å². The fraction of sp³-hybridized carbons (Fsp3) is 0.273. The van der Waals surface area contributed by atoms with E-state index >= 15 is 0 Å². The van der Waals surface area contributed by atoms with Crippen molar-refractivity contribution < 1.29 is 19.5 Å². The number of amides is 2. The number of hydrogen-bond donors (Lipinski definition) is 4. The molecule has 0 atom stereocenters. The zero-order valence-electron chi connectivity index (χ0n) is 10.0. The summed E-state index contributed by atoms with van der Waals surface area (Å²) in [6.45, 7) is -0.369. The Morgan fingerprint density at radius 1 is 1.26 bits per heavy atom. The molecule has 0 unspecified atom stereocenters. The highest BCUT2D eigenvalue weighted by Crippen LogP contribution is 2.06. The minimum absolute atomic E-state index is 0.180. The van der Waals surface area contributed by atoms with Gasteiger partial charge in [-0.1, -0.05) is 0 Å². The van der Waals surface area contributed by atoms with Crippen molar-refractivity contribution in [3.05, 3.63) is 24.0 Å². The lowest BCUT2D eigenvalue weighted by molar-refractivity contribution is -0.136. The molecule has 19 heavy (non-hydrogen) atoms. The van der Waals surface area contributed by atoms with E-state index in [9.17, 15) is 14.4 Å². The first-order valence-corrected chi connectivity index (χ1v) is 5.44. The quantitative estimate of drug-likeness (QED) is 0.506. The van der Waals surface area contributed by atoms with Gasteiger partial charge in [-0.2, -0.15) is 0 Å². The summed E-state index contributed by atoms with van der Waals surface area (Å²) < 4.78 is 0. The second-order valence-electron chi connectivity index (χ2n) is 3.64. The van der Waals surface area contributed by atoms with Gasteiger partial charge in [-0.05, 0) is 12.1 Å². The van der Waals surface area contributed by atoms with Gasteiger partial charge in [-0.3, -0.25) is 19.4 Å². The van der Waals surface area contributed by atoms with E-state index in [1.165, 1.54) is 18.3 Å². The predicted molar refractivity (Wildman–Crippen MR) is 66.3 cm³/mol. The number of rotatable bonds is 6. The van der Waals surface area contributed by atoms with Gasteiger partial charge >= 0.3 is 5.97 Å². The molecule has 8 nitrogen and oxygen atoms in total. The molecular weight excluding hydrogens is 252 g/mol. The van der Waals surface area contributed by atoms with Crippen molar-refractivity contribution in [2.24, 2.45) is 5.73 Å². The molecule has 0 aliphatic rings. The molecule has 5 N–H and O–H groups in total. The Labute approximate surface area is 109 Å². The average molecular weight is 266 g/mol.